The molecule has 0 aliphatic carbocycles. The zero-order valence-corrected chi connectivity index (χ0v) is 6.82. The quantitative estimate of drug-likeness (QED) is 0.604. The van der Waals surface area contributed by atoms with E-state index < -0.39 is 6.09 Å². The smallest absolute Gasteiger partial charge is 0.407 e. The molecule has 0 saturated carbocycles. The summed E-state index contributed by atoms with van der Waals surface area (Å²) in [5.74, 6) is -0.545. The third kappa shape index (κ3) is 1.66. The Morgan fingerprint density at radius 1 is 1.58 bits per heavy atom. The first kappa shape index (κ1) is 8.83. The fraction of sp³-hybridized carbons (Fsp3) is 0.714. The van der Waals surface area contributed by atoms with Gasteiger partial charge in [-0.2, -0.15) is 0 Å². The SMILES string of the molecule is CCOC(=O)C1CN(C(=O)O)C1. The van der Waals surface area contributed by atoms with Gasteiger partial charge in [-0.15, -0.1) is 0 Å². The van der Waals surface area contributed by atoms with E-state index in [4.69, 9.17) is 9.84 Å². The number of nitrogens with zero attached hydrogens (tertiary/aromatic N) is 1. The van der Waals surface area contributed by atoms with E-state index in [1.165, 1.54) is 4.90 Å². The summed E-state index contributed by atoms with van der Waals surface area (Å²) < 4.78 is 4.72. The first-order valence-corrected chi connectivity index (χ1v) is 3.79. The number of carbonyl (C=O) groups is 2. The molecule has 0 aromatic carbocycles. The number of hydrogen-bond donors (Lipinski definition) is 1. The lowest BCUT2D eigenvalue weighted by Gasteiger charge is -2.34. The Bertz CT molecular complexity index is 198. The zero-order chi connectivity index (χ0) is 9.14. The van der Waals surface area contributed by atoms with Gasteiger partial charge in [0, 0.05) is 13.1 Å². The maximum Gasteiger partial charge on any atom is 0.407 e. The van der Waals surface area contributed by atoms with E-state index in [2.05, 4.69) is 0 Å². The lowest BCUT2D eigenvalue weighted by molar-refractivity contribution is -0.152. The summed E-state index contributed by atoms with van der Waals surface area (Å²) >= 11 is 0. The van der Waals surface area contributed by atoms with E-state index >= 15 is 0 Å². The molecular formula is C7H11NO4. The number of likely N-dealkylation sites (tertiary alicyclic amines) is 1. The molecule has 1 fully saturated rings. The second kappa shape index (κ2) is 3.42. The molecule has 1 amide bonds. The van der Waals surface area contributed by atoms with Crippen molar-refractivity contribution < 1.29 is 19.4 Å². The first-order chi connectivity index (χ1) is 5.65. The third-order valence-electron chi connectivity index (χ3n) is 1.77. The van der Waals surface area contributed by atoms with Gasteiger partial charge in [-0.25, -0.2) is 4.79 Å². The molecule has 5 heteroatoms. The van der Waals surface area contributed by atoms with E-state index in [0.717, 1.165) is 0 Å². The Hall–Kier alpha value is -1.26. The van der Waals surface area contributed by atoms with E-state index in [1.54, 1.807) is 6.92 Å². The van der Waals surface area contributed by atoms with Crippen LogP contribution in [0.1, 0.15) is 6.92 Å². The number of rotatable bonds is 2. The highest BCUT2D eigenvalue weighted by atomic mass is 16.5. The average Bonchev–Trinajstić information content (AvgIpc) is 1.82. The number of carbonyl (C=O) groups excluding carboxylic acids is 1. The molecule has 12 heavy (non-hydrogen) atoms. The topological polar surface area (TPSA) is 66.8 Å². The summed E-state index contributed by atoms with van der Waals surface area (Å²) in [6.07, 6.45) is -0.976. The van der Waals surface area contributed by atoms with Crippen LogP contribution in [0.2, 0.25) is 0 Å². The number of carboxylic acid groups (broad SMARTS) is 1. The fourth-order valence-electron chi connectivity index (χ4n) is 1.04. The summed E-state index contributed by atoms with van der Waals surface area (Å²) in [7, 11) is 0. The van der Waals surface area contributed by atoms with Crippen molar-refractivity contribution in [1.82, 2.24) is 4.90 Å². The largest absolute Gasteiger partial charge is 0.466 e. The van der Waals surface area contributed by atoms with Crippen molar-refractivity contribution in [2.75, 3.05) is 19.7 Å². The third-order valence-corrected chi connectivity index (χ3v) is 1.77. The average molecular weight is 173 g/mol. The van der Waals surface area contributed by atoms with Crippen LogP contribution >= 0.6 is 0 Å². The zero-order valence-electron chi connectivity index (χ0n) is 6.82. The molecule has 1 N–H and O–H groups in total. The van der Waals surface area contributed by atoms with E-state index in [0.29, 0.717) is 6.61 Å². The molecule has 5 nitrogen and oxygen atoms in total. The molecule has 1 aliphatic heterocycles. The molecule has 1 saturated heterocycles. The van der Waals surface area contributed by atoms with Crippen molar-refractivity contribution in [3.8, 4) is 0 Å². The molecule has 0 aromatic heterocycles. The summed E-state index contributed by atoms with van der Waals surface area (Å²) in [5, 5.41) is 8.44. The normalized spacial score (nSPS) is 16.9. The van der Waals surface area contributed by atoms with Crippen molar-refractivity contribution in [3.05, 3.63) is 0 Å². The highest BCUT2D eigenvalue weighted by molar-refractivity contribution is 5.77. The van der Waals surface area contributed by atoms with Gasteiger partial charge in [0.2, 0.25) is 0 Å². The van der Waals surface area contributed by atoms with Crippen molar-refractivity contribution >= 4 is 12.1 Å². The summed E-state index contributed by atoms with van der Waals surface area (Å²) in [5.41, 5.74) is 0. The van der Waals surface area contributed by atoms with Gasteiger partial charge in [-0.3, -0.25) is 4.79 Å². The van der Waals surface area contributed by atoms with Crippen LogP contribution < -0.4 is 0 Å². The second-order valence-corrected chi connectivity index (χ2v) is 2.64. The van der Waals surface area contributed by atoms with Crippen LogP contribution in [0.5, 0.6) is 0 Å². The van der Waals surface area contributed by atoms with Crippen LogP contribution in [-0.2, 0) is 9.53 Å². The minimum atomic E-state index is -0.976. The minimum Gasteiger partial charge on any atom is -0.466 e. The first-order valence-electron chi connectivity index (χ1n) is 3.79. The highest BCUT2D eigenvalue weighted by Gasteiger charge is 2.36. The van der Waals surface area contributed by atoms with E-state index in [9.17, 15) is 9.59 Å². The van der Waals surface area contributed by atoms with Crippen LogP contribution in [0.25, 0.3) is 0 Å². The maximum absolute atomic E-state index is 11.0. The Labute approximate surface area is 69.9 Å². The molecule has 1 aliphatic rings. The molecule has 1 heterocycles. The van der Waals surface area contributed by atoms with Crippen molar-refractivity contribution in [1.29, 1.82) is 0 Å². The monoisotopic (exact) mass is 173 g/mol. The molecule has 0 atom stereocenters. The Morgan fingerprint density at radius 3 is 2.58 bits per heavy atom. The van der Waals surface area contributed by atoms with Crippen LogP contribution in [0, 0.1) is 5.92 Å². The van der Waals surface area contributed by atoms with E-state index in [1.807, 2.05) is 0 Å². The van der Waals surface area contributed by atoms with Gasteiger partial charge in [0.15, 0.2) is 0 Å². The van der Waals surface area contributed by atoms with Crippen molar-refractivity contribution in [2.45, 2.75) is 6.92 Å². The molecular weight excluding hydrogens is 162 g/mol. The standard InChI is InChI=1S/C7H11NO4/c1-2-12-6(9)5-3-8(4-5)7(10)11/h5H,2-4H2,1H3,(H,10,11). The Balaban J connectivity index is 2.25. The molecule has 0 radical (unpaired) electrons. The Kier molecular flexibility index (Phi) is 2.52. The van der Waals surface area contributed by atoms with Gasteiger partial charge in [0.1, 0.15) is 0 Å². The van der Waals surface area contributed by atoms with E-state index in [-0.39, 0.29) is 25.0 Å². The number of ether oxygens (including phenoxy) is 1. The van der Waals surface area contributed by atoms with Gasteiger partial charge in [-0.1, -0.05) is 0 Å². The molecule has 0 aromatic rings. The number of hydrogen-bond acceptors (Lipinski definition) is 3. The van der Waals surface area contributed by atoms with Gasteiger partial charge in [0.05, 0.1) is 12.5 Å². The molecule has 0 bridgehead atoms. The molecule has 0 unspecified atom stereocenters. The molecule has 0 spiro atoms. The minimum absolute atomic E-state index is 0.249. The summed E-state index contributed by atoms with van der Waals surface area (Å²) in [6.45, 7) is 2.62. The molecule has 1 rings (SSSR count). The Morgan fingerprint density at radius 2 is 2.17 bits per heavy atom. The van der Waals surface area contributed by atoms with Gasteiger partial charge in [0.25, 0.3) is 0 Å². The number of esters is 1. The predicted octanol–water partition coefficient (Wildman–Crippen LogP) is 0.159. The van der Waals surface area contributed by atoms with Crippen LogP contribution in [0.15, 0.2) is 0 Å². The maximum atomic E-state index is 11.0. The fourth-order valence-corrected chi connectivity index (χ4v) is 1.04. The van der Waals surface area contributed by atoms with Crippen LogP contribution in [0.3, 0.4) is 0 Å². The second-order valence-electron chi connectivity index (χ2n) is 2.64. The lowest BCUT2D eigenvalue weighted by atomic mass is 10.0. The summed E-state index contributed by atoms with van der Waals surface area (Å²) in [4.78, 5) is 22.4. The summed E-state index contributed by atoms with van der Waals surface area (Å²) in [6, 6.07) is 0. The predicted molar refractivity (Wildman–Crippen MR) is 39.7 cm³/mol. The molecule has 68 valence electrons. The van der Waals surface area contributed by atoms with Crippen molar-refractivity contribution in [3.63, 3.8) is 0 Å². The van der Waals surface area contributed by atoms with Gasteiger partial charge < -0.3 is 14.7 Å². The lowest BCUT2D eigenvalue weighted by Crippen LogP contribution is -2.52. The van der Waals surface area contributed by atoms with Gasteiger partial charge in [-0.05, 0) is 6.92 Å². The van der Waals surface area contributed by atoms with Crippen LogP contribution in [-0.4, -0.2) is 41.8 Å². The highest BCUT2D eigenvalue weighted by Crippen LogP contribution is 2.16. The van der Waals surface area contributed by atoms with Gasteiger partial charge >= 0.3 is 12.1 Å². The van der Waals surface area contributed by atoms with Crippen LogP contribution in [0.4, 0.5) is 4.79 Å². The number of amides is 1. The van der Waals surface area contributed by atoms with Crippen molar-refractivity contribution in [2.24, 2.45) is 5.92 Å².